The van der Waals surface area contributed by atoms with Gasteiger partial charge in [-0.3, -0.25) is 4.79 Å². The van der Waals surface area contributed by atoms with Crippen molar-refractivity contribution < 1.29 is 9.18 Å². The van der Waals surface area contributed by atoms with E-state index in [0.29, 0.717) is 5.69 Å². The van der Waals surface area contributed by atoms with E-state index in [-0.39, 0.29) is 11.4 Å². The van der Waals surface area contributed by atoms with Crippen LogP contribution in [0.25, 0.3) is 0 Å². The Morgan fingerprint density at radius 2 is 2.05 bits per heavy atom. The molecule has 5 heteroatoms. The fraction of sp³-hybridized carbons (Fsp3) is 0.0714. The quantitative estimate of drug-likeness (QED) is 0.827. The normalized spacial score (nSPS) is 9.74. The second-order valence-corrected chi connectivity index (χ2v) is 3.86. The lowest BCUT2D eigenvalue weighted by Crippen LogP contribution is -2.27. The summed E-state index contributed by atoms with van der Waals surface area (Å²) in [5.41, 5.74) is 0.735. The number of pyridine rings is 1. The Morgan fingerprint density at radius 1 is 1.32 bits per heavy atom. The van der Waals surface area contributed by atoms with Gasteiger partial charge in [-0.2, -0.15) is 5.26 Å². The summed E-state index contributed by atoms with van der Waals surface area (Å²) in [6, 6.07) is 12.2. The Kier molecular flexibility index (Phi) is 3.53. The molecule has 0 bridgehead atoms. The minimum atomic E-state index is -0.420. The topological polar surface area (TPSA) is 57.0 Å². The van der Waals surface area contributed by atoms with Gasteiger partial charge in [0.25, 0.3) is 5.91 Å². The van der Waals surface area contributed by atoms with Crippen molar-refractivity contribution >= 4 is 11.6 Å². The summed E-state index contributed by atoms with van der Waals surface area (Å²) in [6.07, 6.45) is 0. The number of hydrogen-bond donors (Lipinski definition) is 0. The predicted molar refractivity (Wildman–Crippen MR) is 68.1 cm³/mol. The zero-order valence-corrected chi connectivity index (χ0v) is 10.2. The Labute approximate surface area is 109 Å². The monoisotopic (exact) mass is 255 g/mol. The molecule has 0 aliphatic rings. The average molecular weight is 255 g/mol. The number of carbonyl (C=O) groups is 1. The van der Waals surface area contributed by atoms with Gasteiger partial charge in [0, 0.05) is 12.7 Å². The lowest BCUT2D eigenvalue weighted by molar-refractivity contribution is 0.0988. The van der Waals surface area contributed by atoms with E-state index in [1.807, 2.05) is 6.07 Å². The summed E-state index contributed by atoms with van der Waals surface area (Å²) in [6.45, 7) is 0. The second-order valence-electron chi connectivity index (χ2n) is 3.86. The molecule has 0 aliphatic carbocycles. The first-order chi connectivity index (χ1) is 9.11. The molecule has 2 aromatic rings. The molecule has 0 aliphatic heterocycles. The first kappa shape index (κ1) is 12.7. The highest BCUT2D eigenvalue weighted by molar-refractivity contribution is 6.04. The van der Waals surface area contributed by atoms with E-state index < -0.39 is 11.7 Å². The number of amides is 1. The predicted octanol–water partition coefficient (Wildman–Crippen LogP) is 2.37. The summed E-state index contributed by atoms with van der Waals surface area (Å²) in [4.78, 5) is 17.4. The molecular formula is C14H10FN3O. The summed E-state index contributed by atoms with van der Waals surface area (Å²) < 4.78 is 13.1. The molecule has 0 fully saturated rings. The summed E-state index contributed by atoms with van der Waals surface area (Å²) >= 11 is 0. The molecule has 1 heterocycles. The Morgan fingerprint density at radius 3 is 2.74 bits per heavy atom. The van der Waals surface area contributed by atoms with Crippen molar-refractivity contribution in [3.05, 3.63) is 59.7 Å². The van der Waals surface area contributed by atoms with E-state index in [1.54, 1.807) is 12.1 Å². The lowest BCUT2D eigenvalue weighted by Gasteiger charge is -2.16. The van der Waals surface area contributed by atoms with Crippen LogP contribution in [-0.2, 0) is 0 Å². The molecule has 0 unspecified atom stereocenters. The Hall–Kier alpha value is -2.74. The fourth-order valence-corrected chi connectivity index (χ4v) is 1.59. The Bertz CT molecular complexity index is 664. The third kappa shape index (κ3) is 2.75. The zero-order chi connectivity index (χ0) is 13.8. The van der Waals surface area contributed by atoms with Gasteiger partial charge < -0.3 is 4.90 Å². The van der Waals surface area contributed by atoms with Crippen molar-refractivity contribution in [1.82, 2.24) is 4.98 Å². The molecule has 1 aromatic heterocycles. The second kappa shape index (κ2) is 5.27. The number of benzene rings is 1. The molecule has 4 nitrogen and oxygen atoms in total. The average Bonchev–Trinajstić information content (AvgIpc) is 2.45. The maximum absolute atomic E-state index is 13.1. The molecule has 0 radical (unpaired) electrons. The van der Waals surface area contributed by atoms with Crippen molar-refractivity contribution in [1.29, 1.82) is 5.26 Å². The van der Waals surface area contributed by atoms with Gasteiger partial charge >= 0.3 is 0 Å². The van der Waals surface area contributed by atoms with Crippen molar-refractivity contribution in [2.24, 2.45) is 0 Å². The fourth-order valence-electron chi connectivity index (χ4n) is 1.59. The number of hydrogen-bond acceptors (Lipinski definition) is 3. The number of carbonyl (C=O) groups excluding carboxylic acids is 1. The molecule has 0 saturated heterocycles. The zero-order valence-electron chi connectivity index (χ0n) is 10.2. The highest BCUT2D eigenvalue weighted by atomic mass is 19.1. The molecule has 1 aromatic carbocycles. The van der Waals surface area contributed by atoms with Gasteiger partial charge in [0.15, 0.2) is 0 Å². The third-order valence-corrected chi connectivity index (χ3v) is 2.58. The summed E-state index contributed by atoms with van der Waals surface area (Å²) in [5.74, 6) is -0.821. The largest absolute Gasteiger partial charge is 0.310 e. The standard InChI is InChI=1S/C14H10FN3O/c1-18(12-6-2-4-10(15)8-12)14(19)13-7-3-5-11(9-16)17-13/h2-8H,1H3. The van der Waals surface area contributed by atoms with Crippen LogP contribution in [0.3, 0.4) is 0 Å². The van der Waals surface area contributed by atoms with Gasteiger partial charge in [0.2, 0.25) is 0 Å². The number of nitriles is 1. The van der Waals surface area contributed by atoms with Gasteiger partial charge in [0.1, 0.15) is 23.3 Å². The van der Waals surface area contributed by atoms with Crippen molar-refractivity contribution in [2.75, 3.05) is 11.9 Å². The van der Waals surface area contributed by atoms with Crippen LogP contribution in [0.5, 0.6) is 0 Å². The summed E-state index contributed by atoms with van der Waals surface area (Å²) in [7, 11) is 1.53. The van der Waals surface area contributed by atoms with Gasteiger partial charge in [-0.05, 0) is 30.3 Å². The molecule has 19 heavy (non-hydrogen) atoms. The van der Waals surface area contributed by atoms with Crippen LogP contribution in [0, 0.1) is 17.1 Å². The molecular weight excluding hydrogens is 245 g/mol. The van der Waals surface area contributed by atoms with Crippen LogP contribution in [0.2, 0.25) is 0 Å². The van der Waals surface area contributed by atoms with E-state index in [0.717, 1.165) is 0 Å². The minimum absolute atomic E-state index is 0.144. The smallest absolute Gasteiger partial charge is 0.276 e. The van der Waals surface area contributed by atoms with E-state index in [4.69, 9.17) is 5.26 Å². The molecule has 0 saturated carbocycles. The van der Waals surface area contributed by atoms with Gasteiger partial charge in [-0.1, -0.05) is 12.1 Å². The van der Waals surface area contributed by atoms with Crippen molar-refractivity contribution in [3.8, 4) is 6.07 Å². The highest BCUT2D eigenvalue weighted by Gasteiger charge is 2.15. The van der Waals surface area contributed by atoms with Crippen LogP contribution < -0.4 is 4.90 Å². The van der Waals surface area contributed by atoms with Crippen LogP contribution in [0.15, 0.2) is 42.5 Å². The SMILES string of the molecule is CN(C(=O)c1cccc(C#N)n1)c1cccc(F)c1. The number of nitrogens with zero attached hydrogens (tertiary/aromatic N) is 3. The number of aromatic nitrogens is 1. The van der Waals surface area contributed by atoms with E-state index in [2.05, 4.69) is 4.98 Å². The lowest BCUT2D eigenvalue weighted by atomic mass is 10.2. The van der Waals surface area contributed by atoms with Crippen LogP contribution in [0.4, 0.5) is 10.1 Å². The van der Waals surface area contributed by atoms with Crippen molar-refractivity contribution in [2.45, 2.75) is 0 Å². The van der Waals surface area contributed by atoms with Crippen molar-refractivity contribution in [3.63, 3.8) is 0 Å². The molecule has 2 rings (SSSR count). The molecule has 0 atom stereocenters. The molecule has 94 valence electrons. The maximum atomic E-state index is 13.1. The van der Waals surface area contributed by atoms with E-state index in [1.165, 1.54) is 42.3 Å². The van der Waals surface area contributed by atoms with Crippen LogP contribution in [-0.4, -0.2) is 17.9 Å². The molecule has 1 amide bonds. The van der Waals surface area contributed by atoms with Gasteiger partial charge in [-0.25, -0.2) is 9.37 Å². The van der Waals surface area contributed by atoms with E-state index >= 15 is 0 Å². The van der Waals surface area contributed by atoms with Crippen LogP contribution in [0.1, 0.15) is 16.2 Å². The van der Waals surface area contributed by atoms with Crippen LogP contribution >= 0.6 is 0 Å². The Balaban J connectivity index is 2.31. The highest BCUT2D eigenvalue weighted by Crippen LogP contribution is 2.16. The van der Waals surface area contributed by atoms with Gasteiger partial charge in [-0.15, -0.1) is 0 Å². The van der Waals surface area contributed by atoms with E-state index in [9.17, 15) is 9.18 Å². The number of rotatable bonds is 2. The third-order valence-electron chi connectivity index (χ3n) is 2.58. The first-order valence-electron chi connectivity index (χ1n) is 5.52. The maximum Gasteiger partial charge on any atom is 0.276 e. The van der Waals surface area contributed by atoms with Gasteiger partial charge in [0.05, 0.1) is 0 Å². The number of anilines is 1. The summed E-state index contributed by atoms with van der Waals surface area (Å²) in [5, 5.41) is 8.75. The first-order valence-corrected chi connectivity index (χ1v) is 5.52. The molecule has 0 spiro atoms. The molecule has 0 N–H and O–H groups in total. The number of halogens is 1. The minimum Gasteiger partial charge on any atom is -0.310 e.